The smallest absolute Gasteiger partial charge is 0.143 e. The van der Waals surface area contributed by atoms with Crippen LogP contribution in [0.2, 0.25) is 0 Å². The molecule has 0 spiro atoms. The number of hydrogen-bond acceptors (Lipinski definition) is 4. The molecule has 1 aliphatic heterocycles. The van der Waals surface area contributed by atoms with Gasteiger partial charge in [-0.2, -0.15) is 4.40 Å². The molecule has 0 unspecified atom stereocenters. The average molecular weight is 315 g/mol. The molecule has 2 aromatic carbocycles. The van der Waals surface area contributed by atoms with Crippen molar-refractivity contribution in [2.24, 2.45) is 4.40 Å². The Morgan fingerprint density at radius 3 is 1.90 bits per heavy atom. The highest BCUT2D eigenvalue weighted by Gasteiger charge is 2.19. The van der Waals surface area contributed by atoms with Gasteiger partial charge >= 0.3 is 0 Å². The molecule has 20 heavy (non-hydrogen) atoms. The van der Waals surface area contributed by atoms with E-state index in [1.807, 2.05) is 6.07 Å². The van der Waals surface area contributed by atoms with Gasteiger partial charge in [-0.3, -0.25) is 0 Å². The molecule has 0 aliphatic carbocycles. The molecule has 0 fully saturated rings. The van der Waals surface area contributed by atoms with E-state index in [0.29, 0.717) is 0 Å². The third-order valence-corrected chi connectivity index (χ3v) is 6.21. The summed E-state index contributed by atoms with van der Waals surface area (Å²) in [5.74, 6) is 0. The van der Waals surface area contributed by atoms with Crippen LogP contribution in [0, 0.1) is 0 Å². The zero-order valence-corrected chi connectivity index (χ0v) is 13.4. The minimum atomic E-state index is 1.11. The Labute approximate surface area is 132 Å². The minimum Gasteiger partial charge on any atom is -0.197 e. The maximum Gasteiger partial charge on any atom is 0.143 e. The molecule has 1 nitrogen and oxygen atoms in total. The average Bonchev–Trinajstić information content (AvgIpc) is 2.56. The van der Waals surface area contributed by atoms with Gasteiger partial charge in [0.15, 0.2) is 0 Å². The van der Waals surface area contributed by atoms with E-state index in [9.17, 15) is 0 Å². The Kier molecular flexibility index (Phi) is 4.55. The molecule has 1 aliphatic rings. The third kappa shape index (κ3) is 2.97. The van der Waals surface area contributed by atoms with Crippen LogP contribution in [-0.4, -0.2) is 10.6 Å². The summed E-state index contributed by atoms with van der Waals surface area (Å²) in [4.78, 5) is 2.53. The molecule has 3 rings (SSSR count). The van der Waals surface area contributed by atoms with E-state index >= 15 is 0 Å². The van der Waals surface area contributed by atoms with E-state index < -0.39 is 0 Å². The van der Waals surface area contributed by atoms with Gasteiger partial charge in [0, 0.05) is 16.9 Å². The SMILES string of the molecule is CSC1=NSC(c2ccccc2)=C(c2ccccc2)S1. The summed E-state index contributed by atoms with van der Waals surface area (Å²) in [7, 11) is 0. The van der Waals surface area contributed by atoms with Crippen LogP contribution in [0.25, 0.3) is 9.81 Å². The van der Waals surface area contributed by atoms with Gasteiger partial charge in [0.05, 0.1) is 4.91 Å². The summed E-state index contributed by atoms with van der Waals surface area (Å²) < 4.78 is 5.69. The quantitative estimate of drug-likeness (QED) is 0.667. The van der Waals surface area contributed by atoms with E-state index in [1.54, 1.807) is 35.5 Å². The summed E-state index contributed by atoms with van der Waals surface area (Å²) in [5, 5.41) is 0. The molecular formula is C16H13NS3. The highest BCUT2D eigenvalue weighted by molar-refractivity contribution is 8.43. The normalized spacial score (nSPS) is 15.2. The standard InChI is InChI=1S/C16H13NS3/c1-18-16-17-20-15(13-10-6-3-7-11-13)14(19-16)12-8-4-2-5-9-12/h2-11H,1H3. The first-order valence-electron chi connectivity index (χ1n) is 6.20. The van der Waals surface area contributed by atoms with E-state index in [2.05, 4.69) is 65.3 Å². The number of hydrogen-bond donors (Lipinski definition) is 0. The van der Waals surface area contributed by atoms with Gasteiger partial charge in [-0.05, 0) is 17.4 Å². The molecule has 1 heterocycles. The molecular weight excluding hydrogens is 302 g/mol. The van der Waals surface area contributed by atoms with Gasteiger partial charge in [-0.15, -0.1) is 11.8 Å². The van der Waals surface area contributed by atoms with E-state index in [-0.39, 0.29) is 0 Å². The maximum absolute atomic E-state index is 4.58. The lowest BCUT2D eigenvalue weighted by Gasteiger charge is -2.18. The van der Waals surface area contributed by atoms with Crippen LogP contribution in [0.15, 0.2) is 65.1 Å². The van der Waals surface area contributed by atoms with Gasteiger partial charge in [-0.1, -0.05) is 72.4 Å². The summed E-state index contributed by atoms with van der Waals surface area (Å²) >= 11 is 5.04. The van der Waals surface area contributed by atoms with Crippen LogP contribution in [-0.2, 0) is 0 Å². The van der Waals surface area contributed by atoms with Crippen LogP contribution >= 0.6 is 35.5 Å². The van der Waals surface area contributed by atoms with Crippen molar-refractivity contribution in [1.82, 2.24) is 0 Å². The van der Waals surface area contributed by atoms with Crippen LogP contribution in [0.1, 0.15) is 11.1 Å². The monoisotopic (exact) mass is 315 g/mol. The van der Waals surface area contributed by atoms with Crippen molar-refractivity contribution in [2.45, 2.75) is 0 Å². The molecule has 0 atom stereocenters. The Bertz CT molecular complexity index is 648. The molecule has 0 amide bonds. The number of benzene rings is 2. The fourth-order valence-corrected chi connectivity index (χ4v) is 4.65. The number of rotatable bonds is 2. The molecule has 0 bridgehead atoms. The minimum absolute atomic E-state index is 1.11. The third-order valence-electron chi connectivity index (χ3n) is 2.85. The first kappa shape index (κ1) is 13.9. The number of thioether (sulfide) groups is 2. The van der Waals surface area contributed by atoms with Crippen molar-refractivity contribution in [2.75, 3.05) is 6.26 Å². The zero-order valence-electron chi connectivity index (χ0n) is 10.9. The largest absolute Gasteiger partial charge is 0.197 e. The van der Waals surface area contributed by atoms with Crippen molar-refractivity contribution in [3.63, 3.8) is 0 Å². The molecule has 0 saturated heterocycles. The van der Waals surface area contributed by atoms with E-state index in [1.165, 1.54) is 20.9 Å². The molecule has 0 N–H and O–H groups in total. The predicted molar refractivity (Wildman–Crippen MR) is 95.8 cm³/mol. The summed E-state index contributed by atoms with van der Waals surface area (Å²) in [6.07, 6.45) is 2.07. The van der Waals surface area contributed by atoms with Crippen LogP contribution < -0.4 is 0 Å². The first-order chi connectivity index (χ1) is 9.88. The maximum atomic E-state index is 4.58. The molecule has 0 radical (unpaired) electrons. The van der Waals surface area contributed by atoms with E-state index in [0.717, 1.165) is 4.38 Å². The highest BCUT2D eigenvalue weighted by Crippen LogP contribution is 2.48. The summed E-state index contributed by atoms with van der Waals surface area (Å²) in [5.41, 5.74) is 2.48. The van der Waals surface area contributed by atoms with Crippen molar-refractivity contribution in [1.29, 1.82) is 0 Å². The Morgan fingerprint density at radius 2 is 1.35 bits per heavy atom. The van der Waals surface area contributed by atoms with E-state index in [4.69, 9.17) is 0 Å². The fourth-order valence-electron chi connectivity index (χ4n) is 1.91. The van der Waals surface area contributed by atoms with Crippen LogP contribution in [0.5, 0.6) is 0 Å². The van der Waals surface area contributed by atoms with Gasteiger partial charge < -0.3 is 0 Å². The van der Waals surface area contributed by atoms with Crippen molar-refractivity contribution < 1.29 is 0 Å². The van der Waals surface area contributed by atoms with Gasteiger partial charge in [0.25, 0.3) is 0 Å². The molecule has 4 heteroatoms. The van der Waals surface area contributed by atoms with Gasteiger partial charge in [-0.25, -0.2) is 0 Å². The second-order valence-electron chi connectivity index (χ2n) is 4.14. The van der Waals surface area contributed by atoms with Gasteiger partial charge in [0.2, 0.25) is 0 Å². The van der Waals surface area contributed by atoms with Crippen molar-refractivity contribution in [3.05, 3.63) is 71.8 Å². The second-order valence-corrected chi connectivity index (χ2v) is 6.97. The summed E-state index contributed by atoms with van der Waals surface area (Å²) in [6.45, 7) is 0. The van der Waals surface area contributed by atoms with Crippen LogP contribution in [0.3, 0.4) is 0 Å². The van der Waals surface area contributed by atoms with Gasteiger partial charge in [0.1, 0.15) is 4.38 Å². The second kappa shape index (κ2) is 6.57. The highest BCUT2D eigenvalue weighted by atomic mass is 32.2. The summed E-state index contributed by atoms with van der Waals surface area (Å²) in [6, 6.07) is 21.0. The fraction of sp³-hybridized carbons (Fsp3) is 0.0625. The Balaban J connectivity index is 2.08. The zero-order chi connectivity index (χ0) is 13.8. The lowest BCUT2D eigenvalue weighted by Crippen LogP contribution is -1.95. The molecule has 100 valence electrons. The molecule has 2 aromatic rings. The Morgan fingerprint density at radius 1 is 0.800 bits per heavy atom. The molecule has 0 saturated carbocycles. The topological polar surface area (TPSA) is 12.4 Å². The van der Waals surface area contributed by atoms with Crippen LogP contribution in [0.4, 0.5) is 0 Å². The van der Waals surface area contributed by atoms with Crippen molar-refractivity contribution >= 4 is 49.7 Å². The predicted octanol–water partition coefficient (Wildman–Crippen LogP) is 5.63. The number of nitrogens with zero attached hydrogens (tertiary/aromatic N) is 1. The Hall–Kier alpha value is -1.10. The molecule has 0 aromatic heterocycles. The van der Waals surface area contributed by atoms with Crippen molar-refractivity contribution in [3.8, 4) is 0 Å². The lowest BCUT2D eigenvalue weighted by molar-refractivity contribution is 1.63. The lowest BCUT2D eigenvalue weighted by atomic mass is 10.1. The first-order valence-corrected chi connectivity index (χ1v) is 9.02.